The van der Waals surface area contributed by atoms with E-state index in [0.717, 1.165) is 62.8 Å². The van der Waals surface area contributed by atoms with Gasteiger partial charge in [-0.2, -0.15) is 0 Å². The second kappa shape index (κ2) is 14.3. The van der Waals surface area contributed by atoms with Crippen molar-refractivity contribution in [3.05, 3.63) is 35.7 Å². The first-order valence-corrected chi connectivity index (χ1v) is 16.7. The van der Waals surface area contributed by atoms with Gasteiger partial charge in [-0.15, -0.1) is 0 Å². The summed E-state index contributed by atoms with van der Waals surface area (Å²) in [6.45, 7) is 15.9. The van der Waals surface area contributed by atoms with E-state index in [9.17, 15) is 9.59 Å². The summed E-state index contributed by atoms with van der Waals surface area (Å²) in [5.74, 6) is 0.452. The number of nitrogens with two attached hydrogens (primary N) is 1. The van der Waals surface area contributed by atoms with Crippen molar-refractivity contribution in [3.8, 4) is 0 Å². The highest BCUT2D eigenvalue weighted by Crippen LogP contribution is 2.31. The molecule has 11 heteroatoms. The molecule has 45 heavy (non-hydrogen) atoms. The van der Waals surface area contributed by atoms with Crippen molar-refractivity contribution < 1.29 is 14.3 Å². The number of likely N-dealkylation sites (N-methyl/N-ethyl adjacent to an activating group) is 1. The fraction of sp³-hybridized carbons (Fsp3) is 0.647. The number of amides is 1. The van der Waals surface area contributed by atoms with Gasteiger partial charge in [-0.1, -0.05) is 6.92 Å². The fourth-order valence-corrected chi connectivity index (χ4v) is 6.82. The number of carbonyl (C=O) groups is 2. The van der Waals surface area contributed by atoms with E-state index in [1.807, 2.05) is 39.8 Å². The summed E-state index contributed by atoms with van der Waals surface area (Å²) in [5.41, 5.74) is 8.15. The number of carbonyl (C=O) groups excluding carboxylic acids is 2. The van der Waals surface area contributed by atoms with Crippen LogP contribution in [-0.2, 0) is 16.0 Å². The van der Waals surface area contributed by atoms with Crippen LogP contribution in [0.5, 0.6) is 0 Å². The van der Waals surface area contributed by atoms with E-state index in [1.54, 1.807) is 0 Å². The van der Waals surface area contributed by atoms with Gasteiger partial charge in [-0.05, 0) is 90.1 Å². The largest absolute Gasteiger partial charge is 0.460 e. The smallest absolute Gasteiger partial charge is 0.306 e. The van der Waals surface area contributed by atoms with E-state index < -0.39 is 11.5 Å². The highest BCUT2D eigenvalue weighted by atomic mass is 16.6. The molecule has 0 radical (unpaired) electrons. The predicted molar refractivity (Wildman–Crippen MR) is 179 cm³/mol. The van der Waals surface area contributed by atoms with Crippen LogP contribution in [-0.4, -0.2) is 103 Å². The van der Waals surface area contributed by atoms with Crippen molar-refractivity contribution in [3.63, 3.8) is 0 Å². The number of benzene rings is 1. The van der Waals surface area contributed by atoms with Gasteiger partial charge >= 0.3 is 5.97 Å². The van der Waals surface area contributed by atoms with Gasteiger partial charge in [0.1, 0.15) is 5.60 Å². The molecule has 3 aliphatic rings. The fourth-order valence-electron chi connectivity index (χ4n) is 6.82. The summed E-state index contributed by atoms with van der Waals surface area (Å²) in [5, 5.41) is 3.33. The molecule has 1 aromatic carbocycles. The second-order valence-electron chi connectivity index (χ2n) is 13.9. The van der Waals surface area contributed by atoms with Gasteiger partial charge in [0, 0.05) is 69.8 Å². The third-order valence-corrected chi connectivity index (χ3v) is 9.22. The summed E-state index contributed by atoms with van der Waals surface area (Å²) in [6.07, 6.45) is 5.23. The Bertz CT molecular complexity index is 1310. The molecule has 3 N–H and O–H groups in total. The number of hydrogen-bond donors (Lipinski definition) is 2. The Morgan fingerprint density at radius 3 is 2.27 bits per heavy atom. The average Bonchev–Trinajstić information content (AvgIpc) is 3.01. The van der Waals surface area contributed by atoms with Crippen molar-refractivity contribution >= 4 is 34.9 Å². The maximum absolute atomic E-state index is 12.5. The number of nitrogens with one attached hydrogen (secondary N) is 1. The maximum Gasteiger partial charge on any atom is 0.306 e. The van der Waals surface area contributed by atoms with E-state index in [0.29, 0.717) is 31.2 Å². The Morgan fingerprint density at radius 1 is 0.956 bits per heavy atom. The van der Waals surface area contributed by atoms with Crippen LogP contribution in [0.25, 0.3) is 0 Å². The van der Waals surface area contributed by atoms with Gasteiger partial charge in [-0.25, -0.2) is 9.97 Å². The molecule has 3 aliphatic heterocycles. The van der Waals surface area contributed by atoms with Crippen LogP contribution < -0.4 is 20.9 Å². The zero-order valence-electron chi connectivity index (χ0n) is 27.8. The third-order valence-electron chi connectivity index (χ3n) is 9.22. The van der Waals surface area contributed by atoms with E-state index in [-0.39, 0.29) is 17.6 Å². The minimum absolute atomic E-state index is 0.132. The number of esters is 1. The van der Waals surface area contributed by atoms with E-state index in [2.05, 4.69) is 49.1 Å². The van der Waals surface area contributed by atoms with Crippen molar-refractivity contribution in [1.29, 1.82) is 0 Å². The molecule has 3 saturated heterocycles. The monoisotopic (exact) mass is 620 g/mol. The lowest BCUT2D eigenvalue weighted by atomic mass is 9.94. The first-order chi connectivity index (χ1) is 21.5. The highest BCUT2D eigenvalue weighted by Gasteiger charge is 2.29. The minimum atomic E-state index is -0.618. The van der Waals surface area contributed by atoms with Crippen molar-refractivity contribution in [1.82, 2.24) is 19.8 Å². The number of hydrogen-bond acceptors (Lipinski definition) is 10. The molecular weight excluding hydrogens is 568 g/mol. The van der Waals surface area contributed by atoms with Crippen molar-refractivity contribution in [2.75, 3.05) is 74.5 Å². The molecule has 3 fully saturated rings. The number of nitrogens with zero attached hydrogens (tertiary/aromatic N) is 6. The zero-order chi connectivity index (χ0) is 32.1. The normalized spacial score (nSPS) is 20.7. The number of anilines is 4. The van der Waals surface area contributed by atoms with E-state index in [1.165, 1.54) is 31.6 Å². The quantitative estimate of drug-likeness (QED) is 0.398. The molecule has 0 bridgehead atoms. The van der Waals surface area contributed by atoms with Crippen LogP contribution in [0.1, 0.15) is 76.0 Å². The predicted octanol–water partition coefficient (Wildman–Crippen LogP) is 4.05. The Balaban J connectivity index is 1.26. The van der Waals surface area contributed by atoms with Gasteiger partial charge < -0.3 is 30.5 Å². The molecule has 11 nitrogen and oxygen atoms in total. The Labute approximate surface area is 268 Å². The molecule has 0 unspecified atom stereocenters. The summed E-state index contributed by atoms with van der Waals surface area (Å²) in [6, 6.07) is 8.99. The number of ether oxygens (including phenoxy) is 1. The molecule has 5 rings (SSSR count). The van der Waals surface area contributed by atoms with Crippen LogP contribution in [0.2, 0.25) is 0 Å². The molecule has 2 aromatic rings. The first kappa shape index (κ1) is 32.9. The molecule has 4 heterocycles. The highest BCUT2D eigenvalue weighted by molar-refractivity contribution is 5.96. The number of rotatable bonds is 9. The first-order valence-electron chi connectivity index (χ1n) is 16.7. The van der Waals surface area contributed by atoms with Crippen LogP contribution >= 0.6 is 0 Å². The van der Waals surface area contributed by atoms with E-state index >= 15 is 0 Å². The third kappa shape index (κ3) is 8.64. The summed E-state index contributed by atoms with van der Waals surface area (Å²) in [7, 11) is 2.21. The lowest BCUT2D eigenvalue weighted by Gasteiger charge is -2.42. The number of piperazine rings is 1. The zero-order valence-corrected chi connectivity index (χ0v) is 27.8. The second-order valence-corrected chi connectivity index (χ2v) is 13.9. The molecule has 246 valence electrons. The molecule has 0 spiro atoms. The van der Waals surface area contributed by atoms with Crippen LogP contribution in [0.3, 0.4) is 0 Å². The number of primary amides is 1. The maximum atomic E-state index is 12.5. The summed E-state index contributed by atoms with van der Waals surface area (Å²) >= 11 is 0. The number of aryl methyl sites for hydroxylation is 1. The van der Waals surface area contributed by atoms with E-state index in [4.69, 9.17) is 15.5 Å². The molecule has 1 amide bonds. The van der Waals surface area contributed by atoms with Gasteiger partial charge in [0.25, 0.3) is 5.91 Å². The van der Waals surface area contributed by atoms with Gasteiger partial charge in [0.15, 0.2) is 17.3 Å². The molecular formula is C34H52N8O3. The molecule has 1 aromatic heterocycles. The molecule has 1 atom stereocenters. The van der Waals surface area contributed by atoms with Crippen molar-refractivity contribution in [2.24, 2.45) is 11.7 Å². The lowest BCUT2D eigenvalue weighted by Crippen LogP contribution is -2.52. The van der Waals surface area contributed by atoms with Crippen LogP contribution in [0.15, 0.2) is 24.3 Å². The van der Waals surface area contributed by atoms with Gasteiger partial charge in [0.05, 0.1) is 12.1 Å². The van der Waals surface area contributed by atoms with Gasteiger partial charge in [-0.3, -0.25) is 14.5 Å². The minimum Gasteiger partial charge on any atom is -0.460 e. The summed E-state index contributed by atoms with van der Waals surface area (Å²) in [4.78, 5) is 44.4. The standard InChI is InChI=1S/C34H52N8O3/c1-6-28-33(42-15-7-8-24(23-42)22-29(43)45-34(2,3)4)38-32(30(37-28)31(35)44)36-25-9-11-26(12-10-25)40-16-13-27(14-17-40)41-20-18-39(5)19-21-41/h9-12,24,27H,6-8,13-23H2,1-5H3,(H2,35,44)(H,36,38)/t24-/m1/s1. The Hall–Kier alpha value is -3.44. The van der Waals surface area contributed by atoms with Crippen LogP contribution in [0, 0.1) is 5.92 Å². The van der Waals surface area contributed by atoms with Crippen LogP contribution in [0.4, 0.5) is 23.0 Å². The average molecular weight is 621 g/mol. The topological polar surface area (TPSA) is 120 Å². The Morgan fingerprint density at radius 2 is 1.64 bits per heavy atom. The molecule has 0 saturated carbocycles. The number of piperidine rings is 2. The van der Waals surface area contributed by atoms with Crippen molar-refractivity contribution in [2.45, 2.75) is 77.9 Å². The summed E-state index contributed by atoms with van der Waals surface area (Å²) < 4.78 is 5.58. The Kier molecular flexibility index (Phi) is 10.5. The lowest BCUT2D eigenvalue weighted by molar-refractivity contribution is -0.156. The van der Waals surface area contributed by atoms with Gasteiger partial charge in [0.2, 0.25) is 0 Å². The number of aromatic nitrogens is 2. The SMILES string of the molecule is CCc1nc(C(N)=O)c(Nc2ccc(N3CCC(N4CCN(C)CC4)CC3)cc2)nc1N1CCC[C@H](CC(=O)OC(C)(C)C)C1. The molecule has 0 aliphatic carbocycles.